The Labute approximate surface area is 99.2 Å². The van der Waals surface area contributed by atoms with Crippen LogP contribution >= 0.6 is 15.9 Å². The fourth-order valence-corrected chi connectivity index (χ4v) is 1.50. The largest absolute Gasteiger partial charge is 0.328 e. The maximum Gasteiger partial charge on any atom is 0.328 e. The number of carbonyl (C=O) groups excluding carboxylic acids is 1. The Kier molecular flexibility index (Phi) is 2.95. The van der Waals surface area contributed by atoms with Gasteiger partial charge in [-0.3, -0.25) is 10.1 Å². The third kappa shape index (κ3) is 2.25. The lowest BCUT2D eigenvalue weighted by atomic mass is 10.3. The molecule has 0 unspecified atom stereocenters. The van der Waals surface area contributed by atoms with Crippen LogP contribution in [-0.4, -0.2) is 21.0 Å². The lowest BCUT2D eigenvalue weighted by Crippen LogP contribution is -2.13. The van der Waals surface area contributed by atoms with Crippen molar-refractivity contribution in [2.45, 2.75) is 6.92 Å². The second kappa shape index (κ2) is 4.40. The molecule has 0 saturated heterocycles. The SMILES string of the molecule is Cc1noc(NC(=O)c2cccnc2Br)n1. The molecule has 0 atom stereocenters. The van der Waals surface area contributed by atoms with E-state index in [0.717, 1.165) is 0 Å². The van der Waals surface area contributed by atoms with Gasteiger partial charge in [0.1, 0.15) is 4.60 Å². The summed E-state index contributed by atoms with van der Waals surface area (Å²) in [6, 6.07) is 3.37. The number of anilines is 1. The normalized spacial score (nSPS) is 10.1. The second-order valence-electron chi connectivity index (χ2n) is 2.94. The maximum absolute atomic E-state index is 11.7. The molecular formula is C9H7BrN4O2. The van der Waals surface area contributed by atoms with Gasteiger partial charge < -0.3 is 4.52 Å². The zero-order valence-electron chi connectivity index (χ0n) is 8.27. The van der Waals surface area contributed by atoms with Gasteiger partial charge in [-0.15, -0.1) is 0 Å². The molecule has 16 heavy (non-hydrogen) atoms. The summed E-state index contributed by atoms with van der Waals surface area (Å²) in [6.07, 6.45) is 1.58. The molecule has 2 heterocycles. The number of pyridine rings is 1. The Balaban J connectivity index is 2.18. The molecule has 0 bridgehead atoms. The van der Waals surface area contributed by atoms with Crippen molar-refractivity contribution in [2.75, 3.05) is 5.32 Å². The van der Waals surface area contributed by atoms with Gasteiger partial charge in [-0.05, 0) is 35.0 Å². The molecule has 1 N–H and O–H groups in total. The number of nitrogens with zero attached hydrogens (tertiary/aromatic N) is 3. The molecule has 0 aromatic carbocycles. The number of rotatable bonds is 2. The molecule has 0 spiro atoms. The number of hydrogen-bond donors (Lipinski definition) is 1. The summed E-state index contributed by atoms with van der Waals surface area (Å²) in [6.45, 7) is 1.67. The van der Waals surface area contributed by atoms with Crippen LogP contribution in [0.2, 0.25) is 0 Å². The highest BCUT2D eigenvalue weighted by Gasteiger charge is 2.13. The van der Waals surface area contributed by atoms with Gasteiger partial charge in [0.25, 0.3) is 5.91 Å². The first-order valence-electron chi connectivity index (χ1n) is 4.39. The van der Waals surface area contributed by atoms with Crippen molar-refractivity contribution in [3.63, 3.8) is 0 Å². The van der Waals surface area contributed by atoms with Gasteiger partial charge in [-0.1, -0.05) is 5.16 Å². The minimum atomic E-state index is -0.358. The molecule has 0 radical (unpaired) electrons. The van der Waals surface area contributed by atoms with Gasteiger partial charge in [0, 0.05) is 6.20 Å². The van der Waals surface area contributed by atoms with Crippen molar-refractivity contribution >= 4 is 27.9 Å². The van der Waals surface area contributed by atoms with Crippen LogP contribution in [0.5, 0.6) is 0 Å². The second-order valence-corrected chi connectivity index (χ2v) is 3.69. The molecule has 2 rings (SSSR count). The van der Waals surface area contributed by atoms with E-state index < -0.39 is 0 Å². The molecule has 82 valence electrons. The first kappa shape index (κ1) is 10.7. The molecule has 2 aromatic heterocycles. The zero-order valence-corrected chi connectivity index (χ0v) is 9.85. The summed E-state index contributed by atoms with van der Waals surface area (Å²) in [5.74, 6) is 0.101. The monoisotopic (exact) mass is 282 g/mol. The highest BCUT2D eigenvalue weighted by atomic mass is 79.9. The van der Waals surface area contributed by atoms with E-state index in [-0.39, 0.29) is 11.9 Å². The number of halogens is 1. The van der Waals surface area contributed by atoms with Crippen LogP contribution in [0.3, 0.4) is 0 Å². The molecule has 0 aliphatic carbocycles. The van der Waals surface area contributed by atoms with Crippen molar-refractivity contribution in [2.24, 2.45) is 0 Å². The fraction of sp³-hybridized carbons (Fsp3) is 0.111. The first-order chi connectivity index (χ1) is 7.66. The average molecular weight is 283 g/mol. The lowest BCUT2D eigenvalue weighted by molar-refractivity contribution is 0.102. The van der Waals surface area contributed by atoms with Gasteiger partial charge in [-0.2, -0.15) is 4.98 Å². The van der Waals surface area contributed by atoms with E-state index in [2.05, 4.69) is 36.4 Å². The molecule has 0 fully saturated rings. The summed E-state index contributed by atoms with van der Waals surface area (Å²) < 4.78 is 5.23. The molecule has 1 amide bonds. The molecular weight excluding hydrogens is 276 g/mol. The highest BCUT2D eigenvalue weighted by Crippen LogP contribution is 2.14. The van der Waals surface area contributed by atoms with Crippen molar-refractivity contribution in [3.8, 4) is 0 Å². The van der Waals surface area contributed by atoms with Crippen molar-refractivity contribution in [1.82, 2.24) is 15.1 Å². The summed E-state index contributed by atoms with van der Waals surface area (Å²) >= 11 is 3.18. The third-order valence-corrected chi connectivity index (χ3v) is 2.38. The van der Waals surface area contributed by atoms with Crippen LogP contribution in [0.25, 0.3) is 0 Å². The van der Waals surface area contributed by atoms with Crippen LogP contribution in [0.1, 0.15) is 16.2 Å². The van der Waals surface area contributed by atoms with E-state index in [1.54, 1.807) is 25.3 Å². The Morgan fingerprint density at radius 3 is 3.00 bits per heavy atom. The Bertz CT molecular complexity index is 526. The predicted molar refractivity (Wildman–Crippen MR) is 58.9 cm³/mol. The first-order valence-corrected chi connectivity index (χ1v) is 5.18. The van der Waals surface area contributed by atoms with Crippen LogP contribution in [0, 0.1) is 6.92 Å². The maximum atomic E-state index is 11.7. The third-order valence-electron chi connectivity index (χ3n) is 1.75. The topological polar surface area (TPSA) is 80.9 Å². The molecule has 2 aromatic rings. The molecule has 7 heteroatoms. The van der Waals surface area contributed by atoms with Gasteiger partial charge in [0.15, 0.2) is 5.82 Å². The standard InChI is InChI=1S/C9H7BrN4O2/c1-5-12-9(16-14-5)13-8(15)6-3-2-4-11-7(6)10/h2-4H,1H3,(H,12,13,14,15). The summed E-state index contributed by atoms with van der Waals surface area (Å²) in [4.78, 5) is 19.5. The number of aryl methyl sites for hydroxylation is 1. The van der Waals surface area contributed by atoms with Crippen LogP contribution in [-0.2, 0) is 0 Å². The predicted octanol–water partition coefficient (Wildman–Crippen LogP) is 1.79. The Morgan fingerprint density at radius 2 is 2.38 bits per heavy atom. The summed E-state index contributed by atoms with van der Waals surface area (Å²) in [5, 5.41) is 6.03. The van der Waals surface area contributed by atoms with E-state index in [1.165, 1.54) is 0 Å². The molecule has 0 aliphatic rings. The quantitative estimate of drug-likeness (QED) is 0.850. The van der Waals surface area contributed by atoms with Gasteiger partial charge >= 0.3 is 6.01 Å². The van der Waals surface area contributed by atoms with E-state index in [1.807, 2.05) is 0 Å². The number of amides is 1. The van der Waals surface area contributed by atoms with E-state index >= 15 is 0 Å². The highest BCUT2D eigenvalue weighted by molar-refractivity contribution is 9.10. The Morgan fingerprint density at radius 1 is 1.56 bits per heavy atom. The van der Waals surface area contributed by atoms with Gasteiger partial charge in [0.2, 0.25) is 0 Å². The van der Waals surface area contributed by atoms with E-state index in [9.17, 15) is 4.79 Å². The molecule has 0 aliphatic heterocycles. The van der Waals surface area contributed by atoms with Crippen LogP contribution in [0.15, 0.2) is 27.5 Å². The number of aromatic nitrogens is 3. The average Bonchev–Trinajstić information content (AvgIpc) is 2.64. The van der Waals surface area contributed by atoms with Crippen molar-refractivity contribution in [1.29, 1.82) is 0 Å². The smallest absolute Gasteiger partial charge is 0.315 e. The van der Waals surface area contributed by atoms with Gasteiger partial charge in [-0.25, -0.2) is 4.98 Å². The van der Waals surface area contributed by atoms with Crippen molar-refractivity contribution in [3.05, 3.63) is 34.3 Å². The summed E-state index contributed by atoms with van der Waals surface area (Å²) in [7, 11) is 0. The molecule has 6 nitrogen and oxygen atoms in total. The summed E-state index contributed by atoms with van der Waals surface area (Å²) in [5.41, 5.74) is 0.401. The van der Waals surface area contributed by atoms with Crippen LogP contribution < -0.4 is 5.32 Å². The van der Waals surface area contributed by atoms with Gasteiger partial charge in [0.05, 0.1) is 5.56 Å². The molecule has 0 saturated carbocycles. The van der Waals surface area contributed by atoms with E-state index in [0.29, 0.717) is 16.0 Å². The van der Waals surface area contributed by atoms with E-state index in [4.69, 9.17) is 4.52 Å². The number of nitrogens with one attached hydrogen (secondary N) is 1. The van der Waals surface area contributed by atoms with Crippen LogP contribution in [0.4, 0.5) is 6.01 Å². The minimum Gasteiger partial charge on any atom is -0.315 e. The number of hydrogen-bond acceptors (Lipinski definition) is 5. The minimum absolute atomic E-state index is 0.0678. The zero-order chi connectivity index (χ0) is 11.5. The number of carbonyl (C=O) groups is 1. The van der Waals surface area contributed by atoms with Crippen molar-refractivity contribution < 1.29 is 9.32 Å². The fourth-order valence-electron chi connectivity index (χ4n) is 1.07. The lowest BCUT2D eigenvalue weighted by Gasteiger charge is -2.01. The Hall–Kier alpha value is -1.76.